The van der Waals surface area contributed by atoms with E-state index in [1.165, 1.54) is 10.8 Å². The molecular weight excluding hydrogens is 540 g/mol. The summed E-state index contributed by atoms with van der Waals surface area (Å²) in [5.74, 6) is 0. The van der Waals surface area contributed by atoms with Crippen LogP contribution in [0.1, 0.15) is 11.1 Å². The lowest BCUT2D eigenvalue weighted by molar-refractivity contribution is 0.673. The topological polar surface area (TPSA) is 51.1 Å². The van der Waals surface area contributed by atoms with Gasteiger partial charge in [-0.2, -0.15) is 5.26 Å². The first-order chi connectivity index (χ1) is 21.7. The molecule has 0 aliphatic rings. The molecule has 0 saturated heterocycles. The molecule has 9 aromatic rings. The summed E-state index contributed by atoms with van der Waals surface area (Å²) in [5, 5.41) is 16.4. The van der Waals surface area contributed by atoms with Crippen molar-refractivity contribution >= 4 is 71.2 Å². The number of hydrogen-bond donors (Lipinski definition) is 0. The summed E-state index contributed by atoms with van der Waals surface area (Å²) in [6.07, 6.45) is 0. The van der Waals surface area contributed by atoms with E-state index in [4.69, 9.17) is 11.0 Å². The number of nitrogens with zero attached hydrogens (tertiary/aromatic N) is 4. The molecule has 6 aromatic carbocycles. The third kappa shape index (κ3) is 3.10. The van der Waals surface area contributed by atoms with Crippen molar-refractivity contribution < 1.29 is 4.42 Å². The Morgan fingerprint density at radius 2 is 1.32 bits per heavy atom. The van der Waals surface area contributed by atoms with Crippen LogP contribution in [0.4, 0.5) is 5.69 Å². The highest BCUT2D eigenvalue weighted by atomic mass is 16.3. The number of furan rings is 1. The normalized spacial score (nSPS) is 11.7. The molecule has 0 fully saturated rings. The van der Waals surface area contributed by atoms with Crippen molar-refractivity contribution in [3.63, 3.8) is 0 Å². The van der Waals surface area contributed by atoms with E-state index < -0.39 is 0 Å². The van der Waals surface area contributed by atoms with Crippen molar-refractivity contribution in [2.24, 2.45) is 0 Å². The van der Waals surface area contributed by atoms with Crippen LogP contribution in [0, 0.1) is 24.8 Å². The second-order valence-electron chi connectivity index (χ2n) is 11.2. The van der Waals surface area contributed by atoms with E-state index in [2.05, 4.69) is 105 Å². The highest BCUT2D eigenvalue weighted by Crippen LogP contribution is 2.44. The predicted molar refractivity (Wildman–Crippen MR) is 178 cm³/mol. The van der Waals surface area contributed by atoms with Gasteiger partial charge in [0.05, 0.1) is 51.3 Å². The van der Waals surface area contributed by atoms with Crippen LogP contribution in [0.2, 0.25) is 0 Å². The number of nitriles is 1. The fourth-order valence-electron chi connectivity index (χ4n) is 7.03. The fraction of sp³-hybridized carbons (Fsp3) is 0.0256. The second kappa shape index (κ2) is 8.85. The minimum Gasteiger partial charge on any atom is -0.455 e. The molecule has 204 valence electrons. The molecule has 0 aliphatic carbocycles. The van der Waals surface area contributed by atoms with E-state index in [-0.39, 0.29) is 0 Å². The Morgan fingerprint density at radius 3 is 2.05 bits per heavy atom. The van der Waals surface area contributed by atoms with Gasteiger partial charge in [0.25, 0.3) is 0 Å². The Balaban J connectivity index is 1.48. The van der Waals surface area contributed by atoms with Gasteiger partial charge in [-0.15, -0.1) is 0 Å². The third-order valence-corrected chi connectivity index (χ3v) is 8.97. The van der Waals surface area contributed by atoms with Crippen LogP contribution in [0.25, 0.3) is 81.8 Å². The van der Waals surface area contributed by atoms with E-state index >= 15 is 0 Å². The van der Waals surface area contributed by atoms with Crippen molar-refractivity contribution in [2.75, 3.05) is 0 Å². The first-order valence-corrected chi connectivity index (χ1v) is 14.5. The minimum absolute atomic E-state index is 0.497. The van der Waals surface area contributed by atoms with E-state index in [1.807, 2.05) is 25.1 Å². The zero-order valence-corrected chi connectivity index (χ0v) is 23.7. The van der Waals surface area contributed by atoms with Gasteiger partial charge < -0.3 is 13.6 Å². The number of rotatable bonds is 2. The lowest BCUT2D eigenvalue weighted by Gasteiger charge is -2.15. The molecule has 3 heterocycles. The van der Waals surface area contributed by atoms with Crippen LogP contribution < -0.4 is 0 Å². The summed E-state index contributed by atoms with van der Waals surface area (Å²) in [6.45, 7) is 9.94. The zero-order chi connectivity index (χ0) is 29.5. The molecule has 0 saturated carbocycles. The Hall–Kier alpha value is -6.30. The minimum atomic E-state index is 0.497. The van der Waals surface area contributed by atoms with Crippen LogP contribution in [-0.2, 0) is 0 Å². The molecule has 44 heavy (non-hydrogen) atoms. The van der Waals surface area contributed by atoms with Crippen LogP contribution >= 0.6 is 0 Å². The Labute approximate surface area is 251 Å². The maximum atomic E-state index is 9.91. The molecule has 0 amide bonds. The van der Waals surface area contributed by atoms with Gasteiger partial charge in [0, 0.05) is 32.6 Å². The molecule has 5 nitrogen and oxygen atoms in total. The molecule has 5 heteroatoms. The van der Waals surface area contributed by atoms with Crippen molar-refractivity contribution in [3.05, 3.63) is 138 Å². The van der Waals surface area contributed by atoms with E-state index in [1.54, 1.807) is 12.1 Å². The van der Waals surface area contributed by atoms with Crippen LogP contribution in [0.3, 0.4) is 0 Å². The number of para-hydroxylation sites is 3. The molecule has 0 unspecified atom stereocenters. The highest BCUT2D eigenvalue weighted by molar-refractivity contribution is 6.24. The molecule has 0 N–H and O–H groups in total. The summed E-state index contributed by atoms with van der Waals surface area (Å²) in [6, 6.07) is 41.7. The fourth-order valence-corrected chi connectivity index (χ4v) is 7.03. The predicted octanol–water partition coefficient (Wildman–Crippen LogP) is 10.5. The zero-order valence-electron chi connectivity index (χ0n) is 23.7. The largest absolute Gasteiger partial charge is 0.455 e. The number of aromatic nitrogens is 2. The Morgan fingerprint density at radius 1 is 0.659 bits per heavy atom. The van der Waals surface area contributed by atoms with Crippen LogP contribution in [-0.4, -0.2) is 9.13 Å². The first kappa shape index (κ1) is 24.3. The maximum Gasteiger partial charge on any atom is 0.210 e. The molecule has 0 radical (unpaired) electrons. The molecule has 0 aliphatic heterocycles. The van der Waals surface area contributed by atoms with Crippen molar-refractivity contribution in [3.8, 4) is 17.4 Å². The lowest BCUT2D eigenvalue weighted by Crippen LogP contribution is -2.00. The van der Waals surface area contributed by atoms with Gasteiger partial charge in [0.2, 0.25) is 5.69 Å². The van der Waals surface area contributed by atoms with Crippen molar-refractivity contribution in [1.29, 1.82) is 5.26 Å². The standard InChI is InChI=1S/C39H22N4O/c1-23-24(22-40)15-18-31(41-2)38(23)43-34-19-16-25(42-32-12-6-3-9-26(32)27-10-4-7-13-33(27)42)21-30(34)37-35(43)20-17-29-28-11-5-8-14-36(28)44-39(29)37/h3-21H,1H3. The van der Waals surface area contributed by atoms with E-state index in [0.29, 0.717) is 11.3 Å². The molecule has 3 aromatic heterocycles. The second-order valence-corrected chi connectivity index (χ2v) is 11.2. The number of benzene rings is 6. The SMILES string of the molecule is [C-]#[N+]c1ccc(C#N)c(C)c1-n1c2ccc(-n3c4ccccc4c4ccccc43)cc2c2c3oc4ccccc4c3ccc21. The smallest absolute Gasteiger partial charge is 0.210 e. The van der Waals surface area contributed by atoms with Crippen molar-refractivity contribution in [2.45, 2.75) is 6.92 Å². The number of hydrogen-bond acceptors (Lipinski definition) is 2. The molecule has 0 bridgehead atoms. The van der Waals surface area contributed by atoms with Gasteiger partial charge in [-0.3, -0.25) is 0 Å². The highest BCUT2D eigenvalue weighted by Gasteiger charge is 2.23. The van der Waals surface area contributed by atoms with Crippen LogP contribution in [0.15, 0.2) is 120 Å². The molecule has 0 spiro atoms. The average Bonchev–Trinajstić information content (AvgIpc) is 3.72. The van der Waals surface area contributed by atoms with Gasteiger partial charge in [-0.1, -0.05) is 66.7 Å². The Kier molecular flexibility index (Phi) is 4.89. The lowest BCUT2D eigenvalue weighted by atomic mass is 10.1. The summed E-state index contributed by atoms with van der Waals surface area (Å²) in [5.41, 5.74) is 9.37. The first-order valence-electron chi connectivity index (χ1n) is 14.5. The molecular formula is C39H22N4O. The average molecular weight is 563 g/mol. The van der Waals surface area contributed by atoms with Gasteiger partial charge in [0.15, 0.2) is 0 Å². The summed E-state index contributed by atoms with van der Waals surface area (Å²) >= 11 is 0. The summed E-state index contributed by atoms with van der Waals surface area (Å²) in [7, 11) is 0. The quantitative estimate of drug-likeness (QED) is 0.197. The van der Waals surface area contributed by atoms with Gasteiger partial charge in [0.1, 0.15) is 11.2 Å². The summed E-state index contributed by atoms with van der Waals surface area (Å²) < 4.78 is 11.0. The monoisotopic (exact) mass is 562 g/mol. The maximum absolute atomic E-state index is 9.91. The Bertz CT molecular complexity index is 2710. The van der Waals surface area contributed by atoms with Crippen molar-refractivity contribution in [1.82, 2.24) is 9.13 Å². The number of fused-ring (bicyclic) bond motifs is 10. The van der Waals surface area contributed by atoms with Crippen LogP contribution in [0.5, 0.6) is 0 Å². The van der Waals surface area contributed by atoms with Gasteiger partial charge >= 0.3 is 0 Å². The summed E-state index contributed by atoms with van der Waals surface area (Å²) in [4.78, 5) is 3.89. The van der Waals surface area contributed by atoms with Gasteiger partial charge in [-0.25, -0.2) is 4.85 Å². The molecule has 0 atom stereocenters. The van der Waals surface area contributed by atoms with Gasteiger partial charge in [-0.05, 0) is 61.0 Å². The van der Waals surface area contributed by atoms with E-state index in [0.717, 1.165) is 71.7 Å². The van der Waals surface area contributed by atoms with E-state index in [9.17, 15) is 5.26 Å². The third-order valence-electron chi connectivity index (χ3n) is 8.97. The molecule has 9 rings (SSSR count).